The SMILES string of the molecule is CCCSc1ccc(C(=N)c2ccco2)c(NC(=S)NC(=O)OC)c1. The summed E-state index contributed by atoms with van der Waals surface area (Å²) in [6, 6.07) is 9.14. The standard InChI is InChI=1S/C17H19N3O3S2/c1-3-9-25-11-6-7-12(15(18)14-5-4-8-23-14)13(10-11)19-16(24)20-17(21)22-2/h4-8,10,18H,3,9H2,1-2H3,(H2,19,20,21,24). The lowest BCUT2D eigenvalue weighted by Gasteiger charge is -2.14. The van der Waals surface area contributed by atoms with Crippen molar-refractivity contribution in [2.45, 2.75) is 18.2 Å². The Morgan fingerprint density at radius 2 is 2.20 bits per heavy atom. The van der Waals surface area contributed by atoms with E-state index in [-0.39, 0.29) is 10.8 Å². The van der Waals surface area contributed by atoms with E-state index in [0.717, 1.165) is 17.1 Å². The number of anilines is 1. The number of benzene rings is 1. The van der Waals surface area contributed by atoms with Gasteiger partial charge in [-0.25, -0.2) is 4.79 Å². The maximum Gasteiger partial charge on any atom is 0.413 e. The van der Waals surface area contributed by atoms with Crippen LogP contribution in [0.4, 0.5) is 10.5 Å². The number of ether oxygens (including phenoxy) is 1. The Labute approximate surface area is 155 Å². The number of thioether (sulfide) groups is 1. The fourth-order valence-corrected chi connectivity index (χ4v) is 3.00. The molecule has 1 aromatic heterocycles. The Morgan fingerprint density at radius 1 is 1.40 bits per heavy atom. The summed E-state index contributed by atoms with van der Waals surface area (Å²) >= 11 is 6.84. The van der Waals surface area contributed by atoms with Crippen molar-refractivity contribution in [3.63, 3.8) is 0 Å². The maximum atomic E-state index is 11.3. The minimum atomic E-state index is -0.656. The Kier molecular flexibility index (Phi) is 7.03. The first-order chi connectivity index (χ1) is 12.0. The van der Waals surface area contributed by atoms with Crippen LogP contribution in [0.5, 0.6) is 0 Å². The second kappa shape index (κ2) is 9.24. The molecule has 1 aromatic carbocycles. The molecule has 0 fully saturated rings. The largest absolute Gasteiger partial charge is 0.463 e. The zero-order valence-electron chi connectivity index (χ0n) is 13.9. The third-order valence-electron chi connectivity index (χ3n) is 3.15. The lowest BCUT2D eigenvalue weighted by molar-refractivity contribution is 0.177. The molecule has 0 aliphatic heterocycles. The van der Waals surface area contributed by atoms with Gasteiger partial charge >= 0.3 is 6.09 Å². The number of alkyl carbamates (subject to hydrolysis) is 1. The smallest absolute Gasteiger partial charge is 0.413 e. The summed E-state index contributed by atoms with van der Waals surface area (Å²) in [6.45, 7) is 2.11. The van der Waals surface area contributed by atoms with E-state index in [1.54, 1.807) is 23.9 Å². The highest BCUT2D eigenvalue weighted by atomic mass is 32.2. The van der Waals surface area contributed by atoms with Gasteiger partial charge in [-0.3, -0.25) is 10.7 Å². The van der Waals surface area contributed by atoms with E-state index in [1.165, 1.54) is 13.4 Å². The average molecular weight is 377 g/mol. The number of carbonyl (C=O) groups is 1. The number of furan rings is 1. The van der Waals surface area contributed by atoms with Crippen molar-refractivity contribution in [2.24, 2.45) is 0 Å². The topological polar surface area (TPSA) is 87.4 Å². The molecule has 0 saturated carbocycles. The van der Waals surface area contributed by atoms with E-state index < -0.39 is 6.09 Å². The number of nitrogens with one attached hydrogen (secondary N) is 3. The second-order valence-corrected chi connectivity index (χ2v) is 6.56. The molecule has 0 atom stereocenters. The van der Waals surface area contributed by atoms with E-state index in [1.807, 2.05) is 18.2 Å². The van der Waals surface area contributed by atoms with Gasteiger partial charge < -0.3 is 14.5 Å². The lowest BCUT2D eigenvalue weighted by atomic mass is 10.1. The van der Waals surface area contributed by atoms with Gasteiger partial charge in [0, 0.05) is 10.5 Å². The van der Waals surface area contributed by atoms with Crippen LogP contribution >= 0.6 is 24.0 Å². The van der Waals surface area contributed by atoms with Gasteiger partial charge in [0.25, 0.3) is 0 Å². The first kappa shape index (κ1) is 19.0. The van der Waals surface area contributed by atoms with Gasteiger partial charge in [-0.15, -0.1) is 11.8 Å². The van der Waals surface area contributed by atoms with Crippen molar-refractivity contribution in [1.29, 1.82) is 5.41 Å². The van der Waals surface area contributed by atoms with Crippen LogP contribution in [0.1, 0.15) is 24.7 Å². The van der Waals surface area contributed by atoms with Gasteiger partial charge in [-0.1, -0.05) is 6.92 Å². The highest BCUT2D eigenvalue weighted by Gasteiger charge is 2.15. The average Bonchev–Trinajstić information content (AvgIpc) is 3.14. The Bertz CT molecular complexity index is 761. The van der Waals surface area contributed by atoms with Crippen LogP contribution in [-0.2, 0) is 4.74 Å². The fraction of sp³-hybridized carbons (Fsp3) is 0.235. The van der Waals surface area contributed by atoms with Gasteiger partial charge in [-0.05, 0) is 54.7 Å². The van der Waals surface area contributed by atoms with Crippen molar-refractivity contribution in [1.82, 2.24) is 5.32 Å². The number of methoxy groups -OCH3 is 1. The number of thiocarbonyl (C=S) groups is 1. The molecular formula is C17H19N3O3S2. The van der Waals surface area contributed by atoms with E-state index in [4.69, 9.17) is 22.0 Å². The summed E-state index contributed by atoms with van der Waals surface area (Å²) in [5.74, 6) is 1.43. The molecule has 132 valence electrons. The molecule has 3 N–H and O–H groups in total. The third-order valence-corrected chi connectivity index (χ3v) is 4.55. The molecule has 6 nitrogen and oxygen atoms in total. The van der Waals surface area contributed by atoms with Crippen LogP contribution in [0.2, 0.25) is 0 Å². The van der Waals surface area contributed by atoms with E-state index in [9.17, 15) is 4.79 Å². The van der Waals surface area contributed by atoms with Crippen molar-refractivity contribution < 1.29 is 13.9 Å². The summed E-state index contributed by atoms with van der Waals surface area (Å²) in [5.41, 5.74) is 1.45. The Morgan fingerprint density at radius 3 is 2.84 bits per heavy atom. The molecule has 0 bridgehead atoms. The molecule has 2 rings (SSSR count). The molecule has 0 spiro atoms. The quantitative estimate of drug-likeness (QED) is 0.396. The summed E-state index contributed by atoms with van der Waals surface area (Å²) < 4.78 is 9.84. The predicted molar refractivity (Wildman–Crippen MR) is 104 cm³/mol. The number of hydrogen-bond acceptors (Lipinski definition) is 6. The van der Waals surface area contributed by atoms with Gasteiger partial charge in [0.2, 0.25) is 0 Å². The van der Waals surface area contributed by atoms with Crippen LogP contribution < -0.4 is 10.6 Å². The van der Waals surface area contributed by atoms with E-state index in [2.05, 4.69) is 22.3 Å². The van der Waals surface area contributed by atoms with E-state index >= 15 is 0 Å². The van der Waals surface area contributed by atoms with Gasteiger partial charge in [0.15, 0.2) is 10.9 Å². The number of carbonyl (C=O) groups excluding carboxylic acids is 1. The molecule has 0 radical (unpaired) electrons. The zero-order valence-corrected chi connectivity index (χ0v) is 15.6. The fourth-order valence-electron chi connectivity index (χ4n) is 2.01. The molecular weight excluding hydrogens is 358 g/mol. The second-order valence-electron chi connectivity index (χ2n) is 4.98. The molecule has 25 heavy (non-hydrogen) atoms. The number of amides is 1. The van der Waals surface area contributed by atoms with Crippen molar-refractivity contribution in [2.75, 3.05) is 18.2 Å². The monoisotopic (exact) mass is 377 g/mol. The molecule has 1 heterocycles. The van der Waals surface area contributed by atoms with Crippen molar-refractivity contribution >= 4 is 46.6 Å². The predicted octanol–water partition coefficient (Wildman–Crippen LogP) is 4.25. The summed E-state index contributed by atoms with van der Waals surface area (Å²) in [4.78, 5) is 12.3. The molecule has 8 heteroatoms. The van der Waals surface area contributed by atoms with Crippen molar-refractivity contribution in [3.8, 4) is 0 Å². The lowest BCUT2D eigenvalue weighted by Crippen LogP contribution is -2.34. The summed E-state index contributed by atoms with van der Waals surface area (Å²) in [5, 5.41) is 13.8. The number of rotatable bonds is 6. The molecule has 0 aliphatic carbocycles. The van der Waals surface area contributed by atoms with E-state index in [0.29, 0.717) is 17.0 Å². The molecule has 0 aliphatic rings. The molecule has 0 saturated heterocycles. The van der Waals surface area contributed by atoms with Gasteiger partial charge in [0.1, 0.15) is 5.71 Å². The molecule has 2 aromatic rings. The van der Waals surface area contributed by atoms with Crippen LogP contribution in [0.3, 0.4) is 0 Å². The van der Waals surface area contributed by atoms with Crippen molar-refractivity contribution in [3.05, 3.63) is 47.9 Å². The first-order valence-corrected chi connectivity index (χ1v) is 9.00. The normalized spacial score (nSPS) is 10.2. The minimum absolute atomic E-state index is 0.0954. The molecule has 1 amide bonds. The van der Waals surface area contributed by atoms with Crippen LogP contribution in [0, 0.1) is 5.41 Å². The Balaban J connectivity index is 2.29. The summed E-state index contributed by atoms with van der Waals surface area (Å²) in [6.07, 6.45) is 1.92. The van der Waals surface area contributed by atoms with Crippen LogP contribution in [0.25, 0.3) is 0 Å². The summed E-state index contributed by atoms with van der Waals surface area (Å²) in [7, 11) is 1.26. The highest BCUT2D eigenvalue weighted by Crippen LogP contribution is 2.27. The first-order valence-electron chi connectivity index (χ1n) is 7.60. The van der Waals surface area contributed by atoms with Crippen LogP contribution in [0.15, 0.2) is 45.9 Å². The van der Waals surface area contributed by atoms with Gasteiger partial charge in [-0.2, -0.15) is 0 Å². The Hall–Kier alpha value is -2.32. The number of hydrogen-bond donors (Lipinski definition) is 3. The molecule has 0 unspecified atom stereocenters. The van der Waals surface area contributed by atoms with Crippen LogP contribution in [-0.4, -0.2) is 29.8 Å². The van der Waals surface area contributed by atoms with Gasteiger partial charge in [0.05, 0.1) is 19.1 Å². The minimum Gasteiger partial charge on any atom is -0.463 e. The highest BCUT2D eigenvalue weighted by molar-refractivity contribution is 7.99. The zero-order chi connectivity index (χ0) is 18.2. The third kappa shape index (κ3) is 5.33. The maximum absolute atomic E-state index is 11.3.